The molecule has 2 saturated heterocycles. The van der Waals surface area contributed by atoms with Crippen molar-refractivity contribution in [3.63, 3.8) is 0 Å². The van der Waals surface area contributed by atoms with Crippen LogP contribution >= 0.6 is 23.5 Å². The third kappa shape index (κ3) is 23.6. The smallest absolute Gasteiger partial charge is 0.857 e. The summed E-state index contributed by atoms with van der Waals surface area (Å²) < 4.78 is 27.7. The van der Waals surface area contributed by atoms with Gasteiger partial charge in [-0.15, -0.1) is 11.8 Å². The summed E-state index contributed by atoms with van der Waals surface area (Å²) in [6.45, 7) is 3.46. The number of esters is 3. The number of nitrogens with one attached hydrogen (secondary N) is 2. The first-order chi connectivity index (χ1) is 28.8. The standard InChI is InChI=1S/C17H17N3O5S.C8H11N3O3S.C8H8O2.C3H6O2.CH4O.CH3O.CH4.Na.H2O/c1-11(21)18-13-7-8-20(17(23)19-13)14-9-24-15(26-14)10-25-16(22)12-5-3-2-4-6-12;9-5-1-2-11(8(13)10-5)6-4-14-7(3-12)15-6;1-10-8(9)7-5-3-2-4-6-7;1-3(4)5-2;2*1-2;;;/h2-8,14-15H,9-10H2,1H3,(H,18,19,21,23);1-2,6-7,12H,3-4H2,(H2,9,10,13);2-6H,1H3;1-2H3;2H,1H3;1H3;1H4;;1H2/q;;;;;-1;;+1;/p+1. The number of aromatic nitrogens is 4. The number of hydrogen-bond donors (Lipinski definition) is 5. The molecule has 2 fully saturated rings. The number of carbonyl (C=O) groups excluding carboxylic acids is 4. The predicted octanol–water partition coefficient (Wildman–Crippen LogP) is -2.48. The number of aromatic amines is 1. The maximum Gasteiger partial charge on any atom is 1.00 e. The molecule has 4 atom stereocenters. The van der Waals surface area contributed by atoms with Crippen LogP contribution in [0, 0.1) is 0 Å². The van der Waals surface area contributed by atoms with Gasteiger partial charge in [-0.25, -0.2) is 14.4 Å². The summed E-state index contributed by atoms with van der Waals surface area (Å²) in [6, 6.07) is 20.8. The van der Waals surface area contributed by atoms with E-state index in [0.29, 0.717) is 30.2 Å². The van der Waals surface area contributed by atoms with E-state index in [1.807, 2.05) is 12.1 Å². The van der Waals surface area contributed by atoms with Crippen LogP contribution in [0.3, 0.4) is 0 Å². The Balaban J connectivity index is -0.000000828. The molecule has 24 heteroatoms. The van der Waals surface area contributed by atoms with Crippen molar-refractivity contribution >= 4 is 59.0 Å². The molecule has 4 heterocycles. The van der Waals surface area contributed by atoms with Crippen LogP contribution in [0.5, 0.6) is 0 Å². The summed E-state index contributed by atoms with van der Waals surface area (Å²) in [4.78, 5) is 73.2. The van der Waals surface area contributed by atoms with Crippen molar-refractivity contribution in [3.8, 4) is 0 Å². The maximum absolute atomic E-state index is 12.2. The van der Waals surface area contributed by atoms with Crippen LogP contribution in [-0.4, -0.2) is 120 Å². The van der Waals surface area contributed by atoms with Gasteiger partial charge in [0, 0.05) is 33.2 Å². The van der Waals surface area contributed by atoms with Crippen molar-refractivity contribution in [2.75, 3.05) is 65.9 Å². The molecule has 2 aromatic carbocycles. The van der Waals surface area contributed by atoms with E-state index < -0.39 is 11.7 Å². The molecule has 0 radical (unpaired) electrons. The third-order valence-corrected chi connectivity index (χ3v) is 9.64. The molecule has 0 spiro atoms. The molecule has 6 rings (SSSR count). The van der Waals surface area contributed by atoms with Crippen molar-refractivity contribution in [2.24, 2.45) is 0 Å². The summed E-state index contributed by atoms with van der Waals surface area (Å²) >= 11 is 2.78. The molecule has 8 N–H and O–H groups in total. The maximum atomic E-state index is 12.2. The minimum Gasteiger partial charge on any atom is -0.857 e. The first-order valence-corrected chi connectivity index (χ1v) is 19.4. The Morgan fingerprint density at radius 2 is 1.44 bits per heavy atom. The SMILES string of the molecule is C.CC(=O)Nc1cc[n+](C2COC(COC(=O)c3ccccc3)S2)c(=O)[nH]1.CO.COC(=O)c1ccccc1.COC(C)=O.C[O-].Nc1ccn(C2COC(CO)S2)c(=O)n1.O.[Na+]. The summed E-state index contributed by atoms with van der Waals surface area (Å²) in [7, 11) is 4.47. The van der Waals surface area contributed by atoms with Crippen molar-refractivity contribution in [2.45, 2.75) is 42.9 Å². The van der Waals surface area contributed by atoms with Gasteiger partial charge >= 0.3 is 58.8 Å². The summed E-state index contributed by atoms with van der Waals surface area (Å²) in [5.74, 6) is -0.679. The third-order valence-electron chi connectivity index (χ3n) is 7.12. The molecule has 0 aliphatic carbocycles. The molecule has 2 aliphatic heterocycles. The van der Waals surface area contributed by atoms with Crippen LogP contribution in [0.2, 0.25) is 0 Å². The van der Waals surface area contributed by atoms with Crippen LogP contribution in [0.15, 0.2) is 94.8 Å². The number of nitrogens with two attached hydrogens (primary N) is 1. The van der Waals surface area contributed by atoms with Gasteiger partial charge in [-0.3, -0.25) is 19.5 Å². The second-order valence-corrected chi connectivity index (χ2v) is 13.9. The van der Waals surface area contributed by atoms with Crippen LogP contribution in [-0.2, 0) is 33.3 Å². The van der Waals surface area contributed by atoms with Gasteiger partial charge in [0.1, 0.15) is 34.9 Å². The quantitative estimate of drug-likeness (QED) is 0.0529. The Kier molecular flexibility index (Phi) is 35.6. The number of amides is 1. The molecule has 63 heavy (non-hydrogen) atoms. The number of nitrogen functional groups attached to an aromatic ring is 1. The Bertz CT molecular complexity index is 2020. The van der Waals surface area contributed by atoms with Gasteiger partial charge in [0.2, 0.25) is 11.7 Å². The van der Waals surface area contributed by atoms with Crippen LogP contribution in [0.4, 0.5) is 11.6 Å². The number of anilines is 2. The number of aliphatic hydroxyl groups excluding tert-OH is 2. The molecule has 4 aromatic rings. The number of nitrogens with zero attached hydrogens (tertiary/aromatic N) is 3. The van der Waals surface area contributed by atoms with E-state index in [4.69, 9.17) is 35.3 Å². The second kappa shape index (κ2) is 35.8. The number of aliphatic hydroxyl groups is 2. The van der Waals surface area contributed by atoms with Crippen LogP contribution in [0.25, 0.3) is 0 Å². The average Bonchev–Trinajstić information content (AvgIpc) is 3.95. The number of H-pyrrole nitrogens is 1. The monoisotopic (exact) mass is 935 g/mol. The Labute approximate surface area is 395 Å². The molecule has 344 valence electrons. The van der Waals surface area contributed by atoms with E-state index in [9.17, 15) is 28.8 Å². The van der Waals surface area contributed by atoms with Gasteiger partial charge < -0.3 is 50.2 Å². The molecule has 0 bridgehead atoms. The molecule has 2 aromatic heterocycles. The van der Waals surface area contributed by atoms with Gasteiger partial charge in [0.15, 0.2) is 5.37 Å². The van der Waals surface area contributed by atoms with Crippen molar-refractivity contribution in [1.82, 2.24) is 14.5 Å². The van der Waals surface area contributed by atoms with E-state index in [1.165, 1.54) is 60.7 Å². The molecule has 1 amide bonds. The molecule has 2 aliphatic rings. The fourth-order valence-electron chi connectivity index (χ4n) is 4.43. The van der Waals surface area contributed by atoms with Crippen molar-refractivity contribution in [1.29, 1.82) is 0 Å². The number of methoxy groups -OCH3 is 2. The Hall–Kier alpha value is -4.66. The van der Waals surface area contributed by atoms with Crippen LogP contribution < -0.4 is 61.7 Å². The van der Waals surface area contributed by atoms with E-state index in [0.717, 1.165) is 14.2 Å². The van der Waals surface area contributed by atoms with Gasteiger partial charge in [-0.05, 0) is 30.3 Å². The normalized spacial score (nSPS) is 16.1. The number of carbonyl (C=O) groups is 4. The molecule has 0 saturated carbocycles. The fraction of sp³-hybridized carbons (Fsp3) is 0.385. The molecular formula is C39H56N6NaO15S2+. The van der Waals surface area contributed by atoms with Gasteiger partial charge in [0.25, 0.3) is 0 Å². The van der Waals surface area contributed by atoms with E-state index in [-0.39, 0.29) is 107 Å². The number of thioether (sulfide) groups is 2. The number of rotatable bonds is 8. The zero-order valence-corrected chi connectivity index (χ0v) is 38.9. The zero-order chi connectivity index (χ0) is 45.0. The first-order valence-electron chi connectivity index (χ1n) is 17.5. The second-order valence-electron chi connectivity index (χ2n) is 11.2. The summed E-state index contributed by atoms with van der Waals surface area (Å²) in [5.41, 5.74) is 5.07. The minimum absolute atomic E-state index is 0. The Morgan fingerprint density at radius 1 is 0.905 bits per heavy atom. The summed E-state index contributed by atoms with van der Waals surface area (Å²) in [5, 5.41) is 26.3. The van der Waals surface area contributed by atoms with Gasteiger partial charge in [0.05, 0.1) is 45.2 Å². The van der Waals surface area contributed by atoms with E-state index in [2.05, 4.69) is 24.8 Å². The minimum atomic E-state index is -0.414. The zero-order valence-electron chi connectivity index (χ0n) is 35.2. The van der Waals surface area contributed by atoms with E-state index in [1.54, 1.807) is 73.1 Å². The average molecular weight is 936 g/mol. The van der Waals surface area contributed by atoms with E-state index >= 15 is 0 Å². The molecular weight excluding hydrogens is 880 g/mol. The molecule has 4 unspecified atom stereocenters. The number of ether oxygens (including phenoxy) is 5. The topological polar surface area (TPSA) is 319 Å². The van der Waals surface area contributed by atoms with Crippen molar-refractivity contribution in [3.05, 3.63) is 117 Å². The fourth-order valence-corrected chi connectivity index (χ4v) is 6.58. The molecule has 21 nitrogen and oxygen atoms in total. The van der Waals surface area contributed by atoms with Gasteiger partial charge in [-0.1, -0.05) is 55.6 Å². The number of benzene rings is 2. The first kappa shape index (κ1) is 62.6. The van der Waals surface area contributed by atoms with Crippen molar-refractivity contribution < 1.29 is 97.8 Å². The van der Waals surface area contributed by atoms with Gasteiger partial charge in [-0.2, -0.15) is 26.4 Å². The Morgan fingerprint density at radius 3 is 1.90 bits per heavy atom. The largest absolute Gasteiger partial charge is 1.00 e. The van der Waals surface area contributed by atoms with Crippen LogP contribution in [0.1, 0.15) is 52.7 Å². The summed E-state index contributed by atoms with van der Waals surface area (Å²) in [6.07, 6.45) is 3.18. The number of hydrogen-bond acceptors (Lipinski definition) is 18. The predicted molar refractivity (Wildman–Crippen MR) is 231 cm³/mol.